The van der Waals surface area contributed by atoms with Crippen molar-refractivity contribution in [2.75, 3.05) is 21.0 Å². The van der Waals surface area contributed by atoms with Crippen molar-refractivity contribution >= 4 is 5.78 Å². The molecular formula is C21H22O5. The predicted molar refractivity (Wildman–Crippen MR) is 96.6 cm³/mol. The van der Waals surface area contributed by atoms with Crippen LogP contribution in [0.25, 0.3) is 0 Å². The van der Waals surface area contributed by atoms with E-state index in [1.807, 2.05) is 25.1 Å². The largest absolute Gasteiger partial charge is 0.493 e. The van der Waals surface area contributed by atoms with Gasteiger partial charge in [-0.2, -0.15) is 0 Å². The Bertz CT molecular complexity index is 873. The van der Waals surface area contributed by atoms with Crippen molar-refractivity contribution in [1.82, 2.24) is 0 Å². The minimum Gasteiger partial charge on any atom is -0.493 e. The van der Waals surface area contributed by atoms with Gasteiger partial charge in [-0.05, 0) is 41.3 Å². The number of rotatable bonds is 3. The minimum atomic E-state index is -0.0870. The standard InChI is InChI=1S/C21H22O5/c1-11-12(2)21(22)15-9-18(24-4)17(23-3)8-14(15)20(11)13-5-6-16-19(7-13)26-10-25-16/h5-9,11-12,20H,10H2,1-4H3/t11?,12-,20-/m1/s1. The van der Waals surface area contributed by atoms with E-state index in [4.69, 9.17) is 18.9 Å². The SMILES string of the molecule is COc1cc2c(cc1OC)[C@@H](c1ccc3c(c1)OCO3)C(C)[C@@H](C)C2=O. The third-order valence-electron chi connectivity index (χ3n) is 5.64. The van der Waals surface area contributed by atoms with E-state index in [0.29, 0.717) is 17.1 Å². The molecule has 2 aliphatic rings. The summed E-state index contributed by atoms with van der Waals surface area (Å²) in [5.74, 6) is 2.98. The van der Waals surface area contributed by atoms with Crippen molar-refractivity contribution < 1.29 is 23.7 Å². The van der Waals surface area contributed by atoms with E-state index in [-0.39, 0.29) is 30.3 Å². The highest BCUT2D eigenvalue weighted by atomic mass is 16.7. The van der Waals surface area contributed by atoms with E-state index in [9.17, 15) is 4.79 Å². The molecule has 5 heteroatoms. The Kier molecular flexibility index (Phi) is 4.02. The van der Waals surface area contributed by atoms with Crippen molar-refractivity contribution in [2.24, 2.45) is 11.8 Å². The number of hydrogen-bond acceptors (Lipinski definition) is 5. The average Bonchev–Trinajstić information content (AvgIpc) is 3.13. The zero-order chi connectivity index (χ0) is 18.4. The van der Waals surface area contributed by atoms with Crippen LogP contribution in [0.15, 0.2) is 30.3 Å². The third-order valence-corrected chi connectivity index (χ3v) is 5.64. The topological polar surface area (TPSA) is 54.0 Å². The molecule has 3 atom stereocenters. The normalized spacial score (nSPS) is 23.5. The van der Waals surface area contributed by atoms with Gasteiger partial charge in [-0.3, -0.25) is 4.79 Å². The van der Waals surface area contributed by atoms with Crippen molar-refractivity contribution in [1.29, 1.82) is 0 Å². The molecule has 136 valence electrons. The second-order valence-corrected chi connectivity index (χ2v) is 6.90. The number of carbonyl (C=O) groups is 1. The van der Waals surface area contributed by atoms with Gasteiger partial charge in [0, 0.05) is 17.4 Å². The fourth-order valence-corrected chi connectivity index (χ4v) is 4.01. The van der Waals surface area contributed by atoms with Crippen LogP contribution >= 0.6 is 0 Å². The molecule has 1 aliphatic carbocycles. The van der Waals surface area contributed by atoms with Crippen LogP contribution in [0.4, 0.5) is 0 Å². The quantitative estimate of drug-likeness (QED) is 0.833. The second-order valence-electron chi connectivity index (χ2n) is 6.90. The first-order chi connectivity index (χ1) is 12.5. The maximum absolute atomic E-state index is 12.9. The van der Waals surface area contributed by atoms with Gasteiger partial charge >= 0.3 is 0 Å². The van der Waals surface area contributed by atoms with Gasteiger partial charge in [0.15, 0.2) is 28.8 Å². The molecule has 0 aromatic heterocycles. The Hall–Kier alpha value is -2.69. The summed E-state index contributed by atoms with van der Waals surface area (Å²) >= 11 is 0. The van der Waals surface area contributed by atoms with Crippen molar-refractivity contribution in [2.45, 2.75) is 19.8 Å². The summed E-state index contributed by atoms with van der Waals surface area (Å²) in [6, 6.07) is 9.75. The molecule has 2 aromatic rings. The zero-order valence-electron chi connectivity index (χ0n) is 15.4. The highest BCUT2D eigenvalue weighted by Crippen LogP contribution is 2.48. The molecule has 0 radical (unpaired) electrons. The fraction of sp³-hybridized carbons (Fsp3) is 0.381. The molecule has 0 bridgehead atoms. The molecule has 0 fully saturated rings. The number of benzene rings is 2. The zero-order valence-corrected chi connectivity index (χ0v) is 15.4. The lowest BCUT2D eigenvalue weighted by Gasteiger charge is -2.36. The lowest BCUT2D eigenvalue weighted by atomic mass is 9.67. The summed E-state index contributed by atoms with van der Waals surface area (Å²) in [6.45, 7) is 4.36. The third kappa shape index (κ3) is 2.42. The van der Waals surface area contributed by atoms with Crippen molar-refractivity contribution in [3.63, 3.8) is 0 Å². The van der Waals surface area contributed by atoms with Crippen LogP contribution in [0.2, 0.25) is 0 Å². The second kappa shape index (κ2) is 6.24. The first-order valence-corrected chi connectivity index (χ1v) is 8.74. The van der Waals surface area contributed by atoms with Crippen LogP contribution in [0.5, 0.6) is 23.0 Å². The number of methoxy groups -OCH3 is 2. The Morgan fingerprint density at radius 2 is 1.65 bits per heavy atom. The maximum Gasteiger partial charge on any atom is 0.231 e. The highest BCUT2D eigenvalue weighted by molar-refractivity contribution is 6.01. The molecule has 26 heavy (non-hydrogen) atoms. The van der Waals surface area contributed by atoms with Gasteiger partial charge in [0.25, 0.3) is 0 Å². The van der Waals surface area contributed by atoms with E-state index >= 15 is 0 Å². The van der Waals surface area contributed by atoms with Crippen molar-refractivity contribution in [3.05, 3.63) is 47.0 Å². The van der Waals surface area contributed by atoms with Crippen LogP contribution in [-0.4, -0.2) is 26.8 Å². The number of fused-ring (bicyclic) bond motifs is 2. The van der Waals surface area contributed by atoms with Gasteiger partial charge in [0.2, 0.25) is 6.79 Å². The van der Waals surface area contributed by atoms with E-state index < -0.39 is 0 Å². The summed E-state index contributed by atoms with van der Waals surface area (Å²) in [6.07, 6.45) is 0. The van der Waals surface area contributed by atoms with Gasteiger partial charge in [-0.15, -0.1) is 0 Å². The summed E-state index contributed by atoms with van der Waals surface area (Å²) in [5, 5.41) is 0. The summed E-state index contributed by atoms with van der Waals surface area (Å²) in [5.41, 5.74) is 2.78. The highest BCUT2D eigenvalue weighted by Gasteiger charge is 2.39. The molecule has 0 amide bonds. The number of hydrogen-bond donors (Lipinski definition) is 0. The lowest BCUT2D eigenvalue weighted by molar-refractivity contribution is 0.0865. The lowest BCUT2D eigenvalue weighted by Crippen LogP contribution is -2.32. The molecule has 0 spiro atoms. The molecule has 5 nitrogen and oxygen atoms in total. The first kappa shape index (κ1) is 16.8. The van der Waals surface area contributed by atoms with Crippen molar-refractivity contribution in [3.8, 4) is 23.0 Å². The maximum atomic E-state index is 12.9. The van der Waals surface area contributed by atoms with E-state index in [1.54, 1.807) is 20.3 Å². The Balaban J connectivity index is 1.90. The Morgan fingerprint density at radius 1 is 0.962 bits per heavy atom. The van der Waals surface area contributed by atoms with E-state index in [2.05, 4.69) is 13.0 Å². The molecule has 1 heterocycles. The van der Waals surface area contributed by atoms with E-state index in [0.717, 1.165) is 22.6 Å². The molecule has 2 aromatic carbocycles. The molecule has 0 saturated carbocycles. The van der Waals surface area contributed by atoms with Crippen LogP contribution in [0.3, 0.4) is 0 Å². The predicted octanol–water partition coefficient (Wildman–Crippen LogP) is 4.03. The monoisotopic (exact) mass is 354 g/mol. The number of carbonyl (C=O) groups excluding carboxylic acids is 1. The Labute approximate surface area is 152 Å². The molecule has 1 aliphatic heterocycles. The number of ketones is 1. The number of ether oxygens (including phenoxy) is 4. The van der Waals surface area contributed by atoms with Crippen LogP contribution in [-0.2, 0) is 0 Å². The van der Waals surface area contributed by atoms with Gasteiger partial charge in [0.05, 0.1) is 14.2 Å². The van der Waals surface area contributed by atoms with Gasteiger partial charge in [0.1, 0.15) is 0 Å². The van der Waals surface area contributed by atoms with Crippen LogP contribution in [0, 0.1) is 11.8 Å². The fourth-order valence-electron chi connectivity index (χ4n) is 4.01. The molecule has 0 N–H and O–H groups in total. The van der Waals surface area contributed by atoms with Gasteiger partial charge < -0.3 is 18.9 Å². The van der Waals surface area contributed by atoms with Gasteiger partial charge in [-0.25, -0.2) is 0 Å². The molecule has 0 saturated heterocycles. The summed E-state index contributed by atoms with van der Waals surface area (Å²) < 4.78 is 21.9. The summed E-state index contributed by atoms with van der Waals surface area (Å²) in [7, 11) is 3.19. The van der Waals surface area contributed by atoms with Crippen LogP contribution in [0.1, 0.15) is 41.3 Å². The molecular weight excluding hydrogens is 332 g/mol. The minimum absolute atomic E-state index is 0.0620. The Morgan fingerprint density at radius 3 is 2.38 bits per heavy atom. The first-order valence-electron chi connectivity index (χ1n) is 8.74. The molecule has 1 unspecified atom stereocenters. The summed E-state index contributed by atoms with van der Waals surface area (Å²) in [4.78, 5) is 12.9. The molecule has 4 rings (SSSR count). The van der Waals surface area contributed by atoms with E-state index in [1.165, 1.54) is 0 Å². The van der Waals surface area contributed by atoms with Crippen LogP contribution < -0.4 is 18.9 Å². The number of Topliss-reactive ketones (excluding diaryl/α,β-unsaturated/α-hetero) is 1. The average molecular weight is 354 g/mol. The van der Waals surface area contributed by atoms with Gasteiger partial charge in [-0.1, -0.05) is 19.9 Å². The smallest absolute Gasteiger partial charge is 0.231 e.